The Kier molecular flexibility index (Phi) is 2.45. The lowest BCUT2D eigenvalue weighted by Crippen LogP contribution is -2.58. The molecule has 0 aliphatic carbocycles. The van der Waals surface area contributed by atoms with Gasteiger partial charge in [0, 0.05) is 32.4 Å². The highest BCUT2D eigenvalue weighted by molar-refractivity contribution is 5.39. The number of piperidine rings is 1. The van der Waals surface area contributed by atoms with E-state index in [0.29, 0.717) is 5.41 Å². The van der Waals surface area contributed by atoms with Gasteiger partial charge in [0.2, 0.25) is 5.82 Å². The van der Waals surface area contributed by atoms with Crippen molar-refractivity contribution in [1.82, 2.24) is 15.3 Å². The van der Waals surface area contributed by atoms with Crippen LogP contribution in [0.1, 0.15) is 18.7 Å². The second-order valence-corrected chi connectivity index (χ2v) is 4.94. The number of hydrogen-bond acceptors (Lipinski definition) is 5. The molecule has 5 nitrogen and oxygen atoms in total. The third kappa shape index (κ3) is 1.85. The van der Waals surface area contributed by atoms with Gasteiger partial charge in [-0.15, -0.1) is 0 Å². The van der Waals surface area contributed by atoms with Crippen molar-refractivity contribution in [2.24, 2.45) is 5.41 Å². The summed E-state index contributed by atoms with van der Waals surface area (Å²) in [6.45, 7) is 4.38. The van der Waals surface area contributed by atoms with Crippen LogP contribution in [0.4, 0.5) is 5.82 Å². The smallest absolute Gasteiger partial charge is 0.234 e. The molecule has 2 fully saturated rings. The molecule has 2 aliphatic heterocycles. The highest BCUT2D eigenvalue weighted by Gasteiger charge is 2.39. The minimum absolute atomic E-state index is 0.257. The maximum atomic E-state index is 8.79. The molecule has 0 aromatic carbocycles. The van der Waals surface area contributed by atoms with Gasteiger partial charge in [0.05, 0.1) is 0 Å². The van der Waals surface area contributed by atoms with E-state index < -0.39 is 0 Å². The van der Waals surface area contributed by atoms with E-state index >= 15 is 0 Å². The van der Waals surface area contributed by atoms with Crippen molar-refractivity contribution in [3.63, 3.8) is 0 Å². The molecular formula is C12H15N5. The zero-order valence-electron chi connectivity index (χ0n) is 9.69. The van der Waals surface area contributed by atoms with Gasteiger partial charge in [0.15, 0.2) is 0 Å². The molecule has 2 saturated heterocycles. The van der Waals surface area contributed by atoms with Crippen molar-refractivity contribution in [3.8, 4) is 6.07 Å². The number of rotatable bonds is 1. The third-order valence-corrected chi connectivity index (χ3v) is 3.89. The number of nitriles is 1. The molecular weight excluding hydrogens is 214 g/mol. The maximum Gasteiger partial charge on any atom is 0.234 e. The first-order valence-corrected chi connectivity index (χ1v) is 6.00. The number of nitrogens with zero attached hydrogens (tertiary/aromatic N) is 4. The quantitative estimate of drug-likeness (QED) is 0.761. The second-order valence-electron chi connectivity index (χ2n) is 4.94. The first-order chi connectivity index (χ1) is 8.31. The zero-order valence-corrected chi connectivity index (χ0v) is 9.69. The molecule has 1 aromatic rings. The first kappa shape index (κ1) is 10.5. The normalized spacial score (nSPS) is 21.9. The predicted molar refractivity (Wildman–Crippen MR) is 63.5 cm³/mol. The van der Waals surface area contributed by atoms with Gasteiger partial charge in [-0.1, -0.05) is 0 Å². The number of nitrogens with one attached hydrogen (secondary N) is 1. The molecule has 88 valence electrons. The van der Waals surface area contributed by atoms with E-state index in [2.05, 4.69) is 20.2 Å². The lowest BCUT2D eigenvalue weighted by Gasteiger charge is -2.48. The average molecular weight is 229 g/mol. The lowest BCUT2D eigenvalue weighted by atomic mass is 9.73. The Morgan fingerprint density at radius 2 is 2.12 bits per heavy atom. The fourth-order valence-electron chi connectivity index (χ4n) is 2.62. The molecule has 0 amide bonds. The van der Waals surface area contributed by atoms with Gasteiger partial charge in [-0.25, -0.2) is 9.97 Å². The van der Waals surface area contributed by atoms with Crippen molar-refractivity contribution < 1.29 is 0 Å². The highest BCUT2D eigenvalue weighted by Crippen LogP contribution is 2.35. The summed E-state index contributed by atoms with van der Waals surface area (Å²) in [6, 6.07) is 3.87. The second kappa shape index (κ2) is 3.97. The summed E-state index contributed by atoms with van der Waals surface area (Å²) in [5.74, 6) is 1.15. The van der Waals surface area contributed by atoms with Gasteiger partial charge in [0.25, 0.3) is 0 Å². The number of aromatic nitrogens is 2. The van der Waals surface area contributed by atoms with Crippen molar-refractivity contribution in [2.75, 3.05) is 31.1 Å². The predicted octanol–water partition coefficient (Wildman–Crippen LogP) is 0.538. The van der Waals surface area contributed by atoms with E-state index in [1.807, 2.05) is 12.1 Å². The lowest BCUT2D eigenvalue weighted by molar-refractivity contribution is 0.126. The molecule has 0 saturated carbocycles. The van der Waals surface area contributed by atoms with Crippen LogP contribution in [0.25, 0.3) is 0 Å². The fraction of sp³-hybridized carbons (Fsp3) is 0.583. The molecule has 3 heterocycles. The van der Waals surface area contributed by atoms with Crippen molar-refractivity contribution in [2.45, 2.75) is 12.8 Å². The van der Waals surface area contributed by atoms with Crippen LogP contribution >= 0.6 is 0 Å². The van der Waals surface area contributed by atoms with Crippen LogP contribution in [0.2, 0.25) is 0 Å². The largest absolute Gasteiger partial charge is 0.356 e. The molecule has 1 aromatic heterocycles. The topological polar surface area (TPSA) is 64.8 Å². The number of anilines is 1. The Labute approximate surface area is 100 Å². The molecule has 1 spiro atoms. The van der Waals surface area contributed by atoms with Gasteiger partial charge >= 0.3 is 0 Å². The van der Waals surface area contributed by atoms with Crippen LogP contribution in [-0.4, -0.2) is 36.1 Å². The summed E-state index contributed by atoms with van der Waals surface area (Å²) < 4.78 is 0. The van der Waals surface area contributed by atoms with Crippen LogP contribution < -0.4 is 10.2 Å². The van der Waals surface area contributed by atoms with Gasteiger partial charge in [0.1, 0.15) is 11.9 Å². The average Bonchev–Trinajstić information content (AvgIpc) is 2.37. The SMILES string of the molecule is N#Cc1nccc(N2CCC3(CC2)CNC3)n1. The molecule has 2 aliphatic rings. The summed E-state index contributed by atoms with van der Waals surface area (Å²) in [4.78, 5) is 10.4. The number of hydrogen-bond donors (Lipinski definition) is 1. The summed E-state index contributed by atoms with van der Waals surface area (Å²) in [7, 11) is 0. The standard InChI is InChI=1S/C12H15N5/c13-7-10-15-4-1-11(16-10)17-5-2-12(3-6-17)8-14-9-12/h1,4,14H,2-3,5-6,8-9H2. The Hall–Kier alpha value is -1.67. The summed E-state index contributed by atoms with van der Waals surface area (Å²) in [5, 5.41) is 12.1. The maximum absolute atomic E-state index is 8.79. The van der Waals surface area contributed by atoms with Crippen LogP contribution in [0.3, 0.4) is 0 Å². The summed E-state index contributed by atoms with van der Waals surface area (Å²) >= 11 is 0. The van der Waals surface area contributed by atoms with E-state index in [0.717, 1.165) is 32.0 Å². The molecule has 0 bridgehead atoms. The molecule has 5 heteroatoms. The highest BCUT2D eigenvalue weighted by atomic mass is 15.2. The summed E-state index contributed by atoms with van der Waals surface area (Å²) in [6.07, 6.45) is 4.09. The molecule has 0 unspecified atom stereocenters. The Balaban J connectivity index is 1.71. The van der Waals surface area contributed by atoms with Crippen molar-refractivity contribution in [3.05, 3.63) is 18.1 Å². The molecule has 1 N–H and O–H groups in total. The fourth-order valence-corrected chi connectivity index (χ4v) is 2.62. The van der Waals surface area contributed by atoms with E-state index in [9.17, 15) is 0 Å². The van der Waals surface area contributed by atoms with Crippen molar-refractivity contribution in [1.29, 1.82) is 5.26 Å². The van der Waals surface area contributed by atoms with Crippen molar-refractivity contribution >= 4 is 5.82 Å². The Morgan fingerprint density at radius 1 is 1.35 bits per heavy atom. The molecule has 3 rings (SSSR count). The summed E-state index contributed by atoms with van der Waals surface area (Å²) in [5.41, 5.74) is 0.543. The van der Waals surface area contributed by atoms with Gasteiger partial charge in [-0.05, 0) is 24.3 Å². The van der Waals surface area contributed by atoms with Crippen LogP contribution in [-0.2, 0) is 0 Å². The first-order valence-electron chi connectivity index (χ1n) is 6.00. The Bertz CT molecular complexity index is 450. The molecule has 0 atom stereocenters. The van der Waals surface area contributed by atoms with E-state index in [4.69, 9.17) is 5.26 Å². The van der Waals surface area contributed by atoms with E-state index in [1.165, 1.54) is 12.8 Å². The Morgan fingerprint density at radius 3 is 2.71 bits per heavy atom. The minimum Gasteiger partial charge on any atom is -0.356 e. The molecule has 0 radical (unpaired) electrons. The van der Waals surface area contributed by atoms with Crippen LogP contribution in [0.5, 0.6) is 0 Å². The zero-order chi connectivity index (χ0) is 11.7. The molecule has 17 heavy (non-hydrogen) atoms. The van der Waals surface area contributed by atoms with Gasteiger partial charge < -0.3 is 10.2 Å². The van der Waals surface area contributed by atoms with Crippen LogP contribution in [0, 0.1) is 16.7 Å². The van der Waals surface area contributed by atoms with Crippen LogP contribution in [0.15, 0.2) is 12.3 Å². The minimum atomic E-state index is 0.257. The van der Waals surface area contributed by atoms with Gasteiger partial charge in [-0.3, -0.25) is 0 Å². The monoisotopic (exact) mass is 229 g/mol. The third-order valence-electron chi connectivity index (χ3n) is 3.89. The van der Waals surface area contributed by atoms with E-state index in [1.54, 1.807) is 6.20 Å². The van der Waals surface area contributed by atoms with E-state index in [-0.39, 0.29) is 5.82 Å². The van der Waals surface area contributed by atoms with Gasteiger partial charge in [-0.2, -0.15) is 5.26 Å².